The maximum absolute atomic E-state index is 6.12. The zero-order valence-electron chi connectivity index (χ0n) is 10.3. The summed E-state index contributed by atoms with van der Waals surface area (Å²) >= 11 is 11.3. The van der Waals surface area contributed by atoms with Crippen LogP contribution in [-0.2, 0) is 6.54 Å². The molecule has 0 radical (unpaired) electrons. The third-order valence-corrected chi connectivity index (χ3v) is 4.92. The standard InChI is InChI=1S/C14H15BrClNS/c1-9(2)17-8-11-4-6-14(18-11)10-3-5-12(15)13(16)7-10/h3-7,9,17H,8H2,1-2H3. The summed E-state index contributed by atoms with van der Waals surface area (Å²) in [6.45, 7) is 5.23. The van der Waals surface area contributed by atoms with E-state index in [0.717, 1.165) is 16.0 Å². The van der Waals surface area contributed by atoms with Gasteiger partial charge in [-0.25, -0.2) is 0 Å². The molecule has 96 valence electrons. The molecule has 1 heterocycles. The lowest BCUT2D eigenvalue weighted by atomic mass is 10.2. The van der Waals surface area contributed by atoms with Crippen molar-refractivity contribution in [1.82, 2.24) is 5.32 Å². The number of rotatable bonds is 4. The molecule has 0 aliphatic carbocycles. The summed E-state index contributed by atoms with van der Waals surface area (Å²) in [6.07, 6.45) is 0. The van der Waals surface area contributed by atoms with Crippen LogP contribution in [0.3, 0.4) is 0 Å². The Morgan fingerprint density at radius 3 is 2.72 bits per heavy atom. The first kappa shape index (κ1) is 14.1. The highest BCUT2D eigenvalue weighted by Gasteiger charge is 2.05. The average molecular weight is 345 g/mol. The summed E-state index contributed by atoms with van der Waals surface area (Å²) in [5.41, 5.74) is 1.17. The monoisotopic (exact) mass is 343 g/mol. The zero-order chi connectivity index (χ0) is 13.1. The number of hydrogen-bond donors (Lipinski definition) is 1. The van der Waals surface area contributed by atoms with E-state index >= 15 is 0 Å². The SMILES string of the molecule is CC(C)NCc1ccc(-c2ccc(Br)c(Cl)c2)s1. The van der Waals surface area contributed by atoms with Crippen LogP contribution in [0.25, 0.3) is 10.4 Å². The molecule has 2 aromatic rings. The Labute approximate surface area is 125 Å². The maximum Gasteiger partial charge on any atom is 0.0554 e. The molecular formula is C14H15BrClNS. The van der Waals surface area contributed by atoms with Gasteiger partial charge in [0, 0.05) is 26.8 Å². The summed E-state index contributed by atoms with van der Waals surface area (Å²) in [5.74, 6) is 0. The molecule has 18 heavy (non-hydrogen) atoms. The van der Waals surface area contributed by atoms with Gasteiger partial charge in [-0.2, -0.15) is 0 Å². The zero-order valence-corrected chi connectivity index (χ0v) is 13.5. The van der Waals surface area contributed by atoms with Crippen molar-refractivity contribution in [2.45, 2.75) is 26.4 Å². The van der Waals surface area contributed by atoms with E-state index in [1.807, 2.05) is 12.1 Å². The highest BCUT2D eigenvalue weighted by atomic mass is 79.9. The molecule has 0 aliphatic heterocycles. The molecule has 0 amide bonds. The molecule has 4 heteroatoms. The van der Waals surface area contributed by atoms with Crippen molar-refractivity contribution < 1.29 is 0 Å². The van der Waals surface area contributed by atoms with E-state index in [-0.39, 0.29) is 0 Å². The Hall–Kier alpha value is -0.350. The Morgan fingerprint density at radius 2 is 2.06 bits per heavy atom. The first-order chi connectivity index (χ1) is 8.56. The van der Waals surface area contributed by atoms with Crippen molar-refractivity contribution in [2.24, 2.45) is 0 Å². The first-order valence-electron chi connectivity index (χ1n) is 5.84. The van der Waals surface area contributed by atoms with E-state index in [9.17, 15) is 0 Å². The third-order valence-electron chi connectivity index (χ3n) is 2.55. The van der Waals surface area contributed by atoms with Gasteiger partial charge in [0.1, 0.15) is 0 Å². The van der Waals surface area contributed by atoms with E-state index < -0.39 is 0 Å². The highest BCUT2D eigenvalue weighted by Crippen LogP contribution is 2.32. The summed E-state index contributed by atoms with van der Waals surface area (Å²) in [7, 11) is 0. The minimum absolute atomic E-state index is 0.512. The summed E-state index contributed by atoms with van der Waals surface area (Å²) < 4.78 is 0.936. The Morgan fingerprint density at radius 1 is 1.28 bits per heavy atom. The molecule has 1 nitrogen and oxygen atoms in total. The average Bonchev–Trinajstić information content (AvgIpc) is 2.79. The van der Waals surface area contributed by atoms with Gasteiger partial charge in [-0.1, -0.05) is 31.5 Å². The molecule has 0 bridgehead atoms. The molecular weight excluding hydrogens is 330 g/mol. The van der Waals surface area contributed by atoms with Gasteiger partial charge in [-0.05, 0) is 45.8 Å². The molecule has 2 rings (SSSR count). The summed E-state index contributed by atoms with van der Waals surface area (Å²) in [4.78, 5) is 2.60. The molecule has 0 unspecified atom stereocenters. The van der Waals surface area contributed by atoms with Gasteiger partial charge in [0.05, 0.1) is 5.02 Å². The number of hydrogen-bond acceptors (Lipinski definition) is 2. The maximum atomic E-state index is 6.12. The quantitative estimate of drug-likeness (QED) is 0.790. The normalized spacial score (nSPS) is 11.2. The number of benzene rings is 1. The topological polar surface area (TPSA) is 12.0 Å². The molecule has 0 fully saturated rings. The minimum atomic E-state index is 0.512. The van der Waals surface area contributed by atoms with Crippen molar-refractivity contribution >= 4 is 38.9 Å². The van der Waals surface area contributed by atoms with Crippen molar-refractivity contribution in [3.8, 4) is 10.4 Å². The lowest BCUT2D eigenvalue weighted by Crippen LogP contribution is -2.21. The fourth-order valence-corrected chi connectivity index (χ4v) is 2.96. The fourth-order valence-electron chi connectivity index (χ4n) is 1.58. The van der Waals surface area contributed by atoms with Gasteiger partial charge in [-0.15, -0.1) is 11.3 Å². The third kappa shape index (κ3) is 3.58. The van der Waals surface area contributed by atoms with Crippen molar-refractivity contribution in [1.29, 1.82) is 0 Å². The van der Waals surface area contributed by atoms with Gasteiger partial charge in [0.2, 0.25) is 0 Å². The van der Waals surface area contributed by atoms with Crippen LogP contribution < -0.4 is 5.32 Å². The molecule has 0 spiro atoms. The molecule has 1 aromatic carbocycles. The second-order valence-corrected chi connectivity index (χ2v) is 6.86. The van der Waals surface area contributed by atoms with E-state index in [1.54, 1.807) is 11.3 Å². The van der Waals surface area contributed by atoms with Gasteiger partial charge in [0.15, 0.2) is 0 Å². The number of thiophene rings is 1. The summed E-state index contributed by atoms with van der Waals surface area (Å²) in [5, 5.41) is 4.18. The van der Waals surface area contributed by atoms with Crippen LogP contribution >= 0.6 is 38.9 Å². The predicted molar refractivity (Wildman–Crippen MR) is 84.4 cm³/mol. The Kier molecular flexibility index (Phi) is 4.84. The predicted octanol–water partition coefficient (Wildman–Crippen LogP) is 5.33. The van der Waals surface area contributed by atoms with E-state index in [4.69, 9.17) is 11.6 Å². The molecule has 1 N–H and O–H groups in total. The molecule has 0 atom stereocenters. The number of nitrogens with one attached hydrogen (secondary N) is 1. The van der Waals surface area contributed by atoms with Crippen LogP contribution in [0.15, 0.2) is 34.8 Å². The minimum Gasteiger partial charge on any atom is -0.310 e. The van der Waals surface area contributed by atoms with Crippen LogP contribution in [0.2, 0.25) is 5.02 Å². The van der Waals surface area contributed by atoms with Gasteiger partial charge in [-0.3, -0.25) is 0 Å². The highest BCUT2D eigenvalue weighted by molar-refractivity contribution is 9.10. The molecule has 0 saturated carbocycles. The fraction of sp³-hybridized carbons (Fsp3) is 0.286. The molecule has 0 aliphatic rings. The van der Waals surface area contributed by atoms with Gasteiger partial charge in [0.25, 0.3) is 0 Å². The first-order valence-corrected chi connectivity index (χ1v) is 7.82. The van der Waals surface area contributed by atoms with E-state index in [2.05, 4.69) is 53.3 Å². The Bertz CT molecular complexity index is 536. The van der Waals surface area contributed by atoms with Crippen LogP contribution in [0.5, 0.6) is 0 Å². The smallest absolute Gasteiger partial charge is 0.0554 e. The van der Waals surface area contributed by atoms with Crippen LogP contribution in [0, 0.1) is 0 Å². The van der Waals surface area contributed by atoms with Gasteiger partial charge < -0.3 is 5.32 Å². The molecule has 1 aromatic heterocycles. The number of halogens is 2. The van der Waals surface area contributed by atoms with Crippen LogP contribution in [0.4, 0.5) is 0 Å². The van der Waals surface area contributed by atoms with Gasteiger partial charge >= 0.3 is 0 Å². The second-order valence-electron chi connectivity index (χ2n) is 4.43. The second kappa shape index (κ2) is 6.20. The van der Waals surface area contributed by atoms with E-state index in [0.29, 0.717) is 6.04 Å². The van der Waals surface area contributed by atoms with Crippen molar-refractivity contribution in [2.75, 3.05) is 0 Å². The van der Waals surface area contributed by atoms with Crippen LogP contribution in [-0.4, -0.2) is 6.04 Å². The van der Waals surface area contributed by atoms with Crippen molar-refractivity contribution in [3.63, 3.8) is 0 Å². The lowest BCUT2D eigenvalue weighted by molar-refractivity contribution is 0.593. The lowest BCUT2D eigenvalue weighted by Gasteiger charge is -2.05. The largest absolute Gasteiger partial charge is 0.310 e. The Balaban J connectivity index is 2.16. The van der Waals surface area contributed by atoms with Crippen LogP contribution in [0.1, 0.15) is 18.7 Å². The van der Waals surface area contributed by atoms with Crippen molar-refractivity contribution in [3.05, 3.63) is 44.7 Å². The molecule has 0 saturated heterocycles. The van der Waals surface area contributed by atoms with E-state index in [1.165, 1.54) is 15.3 Å². The summed E-state index contributed by atoms with van der Waals surface area (Å²) in [6, 6.07) is 10.9.